The van der Waals surface area contributed by atoms with Crippen molar-refractivity contribution in [3.8, 4) is 10.6 Å². The van der Waals surface area contributed by atoms with Gasteiger partial charge in [0.25, 0.3) is 5.91 Å². The van der Waals surface area contributed by atoms with Crippen LogP contribution in [0.5, 0.6) is 0 Å². The number of benzene rings is 1. The Kier molecular flexibility index (Phi) is 4.22. The van der Waals surface area contributed by atoms with Crippen molar-refractivity contribution in [1.29, 1.82) is 0 Å². The van der Waals surface area contributed by atoms with Crippen LogP contribution in [-0.4, -0.2) is 41.5 Å². The molecule has 1 fully saturated rings. The summed E-state index contributed by atoms with van der Waals surface area (Å²) in [6.07, 6.45) is 0. The summed E-state index contributed by atoms with van der Waals surface area (Å²) in [5, 5.41) is 4.08. The van der Waals surface area contributed by atoms with Gasteiger partial charge in [-0.1, -0.05) is 0 Å². The third-order valence-electron chi connectivity index (χ3n) is 3.74. The molecule has 4 nitrogen and oxygen atoms in total. The van der Waals surface area contributed by atoms with E-state index in [1.54, 1.807) is 12.1 Å². The molecule has 22 heavy (non-hydrogen) atoms. The first-order valence-corrected chi connectivity index (χ1v) is 8.12. The molecule has 0 radical (unpaired) electrons. The lowest BCUT2D eigenvalue weighted by Crippen LogP contribution is -2.51. The standard InChI is InChI=1S/C16H18FN3OS/c1-10-9-20(8-7-18-10)16(21)14-11(2)19-15(22-14)12-3-5-13(17)6-4-12/h3-6,10,18H,7-9H2,1-2H3. The van der Waals surface area contributed by atoms with Crippen LogP contribution in [0, 0.1) is 12.7 Å². The fraction of sp³-hybridized carbons (Fsp3) is 0.375. The van der Waals surface area contributed by atoms with E-state index in [1.807, 2.05) is 11.8 Å². The summed E-state index contributed by atoms with van der Waals surface area (Å²) in [4.78, 5) is 19.7. The van der Waals surface area contributed by atoms with Gasteiger partial charge in [-0.2, -0.15) is 0 Å². The predicted molar refractivity (Wildman–Crippen MR) is 85.6 cm³/mol. The monoisotopic (exact) mass is 319 g/mol. The lowest BCUT2D eigenvalue weighted by Gasteiger charge is -2.31. The van der Waals surface area contributed by atoms with E-state index < -0.39 is 0 Å². The number of halogens is 1. The average Bonchev–Trinajstić information content (AvgIpc) is 2.89. The SMILES string of the molecule is Cc1nc(-c2ccc(F)cc2)sc1C(=O)N1CCNC(C)C1. The smallest absolute Gasteiger partial charge is 0.265 e. The maximum Gasteiger partial charge on any atom is 0.265 e. The lowest BCUT2D eigenvalue weighted by atomic mass is 10.2. The molecule has 1 unspecified atom stereocenters. The zero-order valence-electron chi connectivity index (χ0n) is 12.6. The van der Waals surface area contributed by atoms with Gasteiger partial charge in [0, 0.05) is 31.2 Å². The van der Waals surface area contributed by atoms with E-state index >= 15 is 0 Å². The molecular weight excluding hydrogens is 301 g/mol. The average molecular weight is 319 g/mol. The highest BCUT2D eigenvalue weighted by molar-refractivity contribution is 7.17. The third kappa shape index (κ3) is 3.03. The molecule has 2 aromatic rings. The maximum absolute atomic E-state index is 13.0. The number of nitrogens with zero attached hydrogens (tertiary/aromatic N) is 2. The first kappa shape index (κ1) is 15.1. The summed E-state index contributed by atoms with van der Waals surface area (Å²) in [5.74, 6) is -0.236. The van der Waals surface area contributed by atoms with Gasteiger partial charge < -0.3 is 10.2 Å². The van der Waals surface area contributed by atoms with Crippen LogP contribution in [0.4, 0.5) is 4.39 Å². The van der Waals surface area contributed by atoms with Crippen molar-refractivity contribution in [2.45, 2.75) is 19.9 Å². The number of hydrogen-bond donors (Lipinski definition) is 1. The van der Waals surface area contributed by atoms with E-state index in [9.17, 15) is 9.18 Å². The number of aromatic nitrogens is 1. The highest BCUT2D eigenvalue weighted by atomic mass is 32.1. The van der Waals surface area contributed by atoms with Gasteiger partial charge in [0.05, 0.1) is 5.69 Å². The molecule has 1 aromatic carbocycles. The van der Waals surface area contributed by atoms with Gasteiger partial charge in [-0.15, -0.1) is 11.3 Å². The van der Waals surface area contributed by atoms with Crippen molar-refractivity contribution in [3.05, 3.63) is 40.7 Å². The number of thiazole rings is 1. The van der Waals surface area contributed by atoms with Crippen molar-refractivity contribution < 1.29 is 9.18 Å². The summed E-state index contributed by atoms with van der Waals surface area (Å²) in [5.41, 5.74) is 1.57. The van der Waals surface area contributed by atoms with E-state index in [0.29, 0.717) is 24.0 Å². The predicted octanol–water partition coefficient (Wildman–Crippen LogP) is 2.69. The summed E-state index contributed by atoms with van der Waals surface area (Å²) in [6.45, 7) is 6.16. The van der Waals surface area contributed by atoms with Gasteiger partial charge in [0.1, 0.15) is 15.7 Å². The Morgan fingerprint density at radius 1 is 1.41 bits per heavy atom. The normalized spacial score (nSPS) is 18.5. The quantitative estimate of drug-likeness (QED) is 0.926. The van der Waals surface area contributed by atoms with Crippen molar-refractivity contribution in [3.63, 3.8) is 0 Å². The highest BCUT2D eigenvalue weighted by Gasteiger charge is 2.25. The fourth-order valence-electron chi connectivity index (χ4n) is 2.57. The van der Waals surface area contributed by atoms with Crippen molar-refractivity contribution in [1.82, 2.24) is 15.2 Å². The topological polar surface area (TPSA) is 45.2 Å². The Balaban J connectivity index is 1.85. The van der Waals surface area contributed by atoms with E-state index in [1.165, 1.54) is 23.5 Å². The fourth-order valence-corrected chi connectivity index (χ4v) is 3.61. The molecule has 1 saturated heterocycles. The molecule has 1 aliphatic rings. The Labute approximate surface area is 133 Å². The van der Waals surface area contributed by atoms with Crippen molar-refractivity contribution in [2.24, 2.45) is 0 Å². The van der Waals surface area contributed by atoms with E-state index in [0.717, 1.165) is 22.8 Å². The molecule has 0 bridgehead atoms. The molecule has 2 heterocycles. The second kappa shape index (κ2) is 6.14. The van der Waals surface area contributed by atoms with E-state index in [-0.39, 0.29) is 11.7 Å². The number of amides is 1. The van der Waals surface area contributed by atoms with Crippen molar-refractivity contribution in [2.75, 3.05) is 19.6 Å². The Hall–Kier alpha value is -1.79. The van der Waals surface area contributed by atoms with E-state index in [4.69, 9.17) is 0 Å². The number of hydrogen-bond acceptors (Lipinski definition) is 4. The molecule has 0 spiro atoms. The number of carbonyl (C=O) groups is 1. The van der Waals surface area contributed by atoms with Gasteiger partial charge in [-0.25, -0.2) is 9.37 Å². The number of carbonyl (C=O) groups excluding carboxylic acids is 1. The second-order valence-corrected chi connectivity index (χ2v) is 6.55. The van der Waals surface area contributed by atoms with Gasteiger partial charge in [0.2, 0.25) is 0 Å². The minimum absolute atomic E-state index is 0.0386. The first-order valence-electron chi connectivity index (χ1n) is 7.30. The molecule has 1 aromatic heterocycles. The van der Waals surface area contributed by atoms with Gasteiger partial charge in [-0.3, -0.25) is 4.79 Å². The number of rotatable bonds is 2. The van der Waals surface area contributed by atoms with Gasteiger partial charge in [0.15, 0.2) is 0 Å². The van der Waals surface area contributed by atoms with E-state index in [2.05, 4.69) is 17.2 Å². The summed E-state index contributed by atoms with van der Waals surface area (Å²) < 4.78 is 13.0. The summed E-state index contributed by atoms with van der Waals surface area (Å²) in [7, 11) is 0. The maximum atomic E-state index is 13.0. The first-order chi connectivity index (χ1) is 10.5. The van der Waals surface area contributed by atoms with Crippen LogP contribution in [0.3, 0.4) is 0 Å². The van der Waals surface area contributed by atoms with Crippen LogP contribution in [-0.2, 0) is 0 Å². The number of aryl methyl sites for hydroxylation is 1. The molecule has 1 N–H and O–H groups in total. The Morgan fingerprint density at radius 3 is 2.82 bits per heavy atom. The van der Waals surface area contributed by atoms with Crippen LogP contribution >= 0.6 is 11.3 Å². The zero-order valence-corrected chi connectivity index (χ0v) is 13.4. The Morgan fingerprint density at radius 2 is 2.14 bits per heavy atom. The van der Waals surface area contributed by atoms with Crippen LogP contribution in [0.15, 0.2) is 24.3 Å². The summed E-state index contributed by atoms with van der Waals surface area (Å²) >= 11 is 1.38. The summed E-state index contributed by atoms with van der Waals surface area (Å²) in [6, 6.07) is 6.50. The van der Waals surface area contributed by atoms with Gasteiger partial charge in [-0.05, 0) is 38.1 Å². The molecular formula is C16H18FN3OS. The molecule has 1 amide bonds. The molecule has 6 heteroatoms. The largest absolute Gasteiger partial charge is 0.335 e. The second-order valence-electron chi connectivity index (χ2n) is 5.55. The molecule has 3 rings (SSSR count). The lowest BCUT2D eigenvalue weighted by molar-refractivity contribution is 0.0713. The minimum Gasteiger partial charge on any atom is -0.335 e. The molecule has 1 aliphatic heterocycles. The minimum atomic E-state index is -0.275. The molecule has 0 saturated carbocycles. The van der Waals surface area contributed by atoms with Crippen LogP contribution in [0.2, 0.25) is 0 Å². The number of nitrogens with one attached hydrogen (secondary N) is 1. The van der Waals surface area contributed by atoms with Crippen LogP contribution < -0.4 is 5.32 Å². The van der Waals surface area contributed by atoms with Crippen LogP contribution in [0.1, 0.15) is 22.3 Å². The highest BCUT2D eigenvalue weighted by Crippen LogP contribution is 2.29. The third-order valence-corrected chi connectivity index (χ3v) is 4.93. The van der Waals surface area contributed by atoms with Crippen LogP contribution in [0.25, 0.3) is 10.6 Å². The molecule has 1 atom stereocenters. The molecule has 0 aliphatic carbocycles. The molecule has 116 valence electrons. The Bertz CT molecular complexity index is 683. The van der Waals surface area contributed by atoms with Crippen molar-refractivity contribution >= 4 is 17.2 Å². The van der Waals surface area contributed by atoms with Gasteiger partial charge >= 0.3 is 0 Å². The number of piperazine rings is 1. The zero-order chi connectivity index (χ0) is 15.7.